The third-order valence-corrected chi connectivity index (χ3v) is 3.05. The number of halogens is 2. The summed E-state index contributed by atoms with van der Waals surface area (Å²) >= 11 is 0. The van der Waals surface area contributed by atoms with Crippen molar-refractivity contribution in [2.75, 3.05) is 5.73 Å². The Hall–Kier alpha value is -2.70. The highest BCUT2D eigenvalue weighted by atomic mass is 19.1. The molecular weight excluding hydrogens is 264 g/mol. The molecule has 0 unspecified atom stereocenters. The fourth-order valence-electron chi connectivity index (χ4n) is 2.07. The van der Waals surface area contributed by atoms with Crippen molar-refractivity contribution in [3.63, 3.8) is 0 Å². The summed E-state index contributed by atoms with van der Waals surface area (Å²) in [6.07, 6.45) is 1.56. The van der Waals surface area contributed by atoms with Crippen LogP contribution in [0.15, 0.2) is 30.5 Å². The molecule has 0 saturated heterocycles. The van der Waals surface area contributed by atoms with Gasteiger partial charge in [0.05, 0.1) is 11.3 Å². The van der Waals surface area contributed by atoms with Gasteiger partial charge in [0.2, 0.25) is 0 Å². The van der Waals surface area contributed by atoms with Gasteiger partial charge in [-0.1, -0.05) is 0 Å². The Morgan fingerprint density at radius 1 is 1.25 bits per heavy atom. The van der Waals surface area contributed by atoms with E-state index in [-0.39, 0.29) is 5.56 Å². The molecule has 102 valence electrons. The minimum Gasteiger partial charge on any atom is -0.383 e. The number of nitrogens with zero attached hydrogens (tertiary/aromatic N) is 3. The number of anilines is 1. The molecule has 3 aromatic rings. The third-order valence-electron chi connectivity index (χ3n) is 3.05. The molecule has 7 heteroatoms. The molecule has 0 fully saturated rings. The van der Waals surface area contributed by atoms with Crippen LogP contribution in [0.1, 0.15) is 0 Å². The third kappa shape index (κ3) is 1.83. The molecule has 0 spiro atoms. The number of H-pyrrole nitrogens is 1. The number of aromatic amines is 1. The van der Waals surface area contributed by atoms with Gasteiger partial charge < -0.3 is 5.73 Å². The van der Waals surface area contributed by atoms with Gasteiger partial charge in [0.15, 0.2) is 0 Å². The molecule has 0 bridgehead atoms. The minimum atomic E-state index is -0.689. The van der Waals surface area contributed by atoms with E-state index >= 15 is 0 Å². The zero-order chi connectivity index (χ0) is 14.3. The van der Waals surface area contributed by atoms with Crippen molar-refractivity contribution in [2.24, 2.45) is 7.05 Å². The second kappa shape index (κ2) is 4.44. The van der Waals surface area contributed by atoms with E-state index < -0.39 is 11.6 Å². The number of aryl methyl sites for hydroxylation is 1. The highest BCUT2D eigenvalue weighted by molar-refractivity contribution is 5.87. The van der Waals surface area contributed by atoms with Gasteiger partial charge in [-0.05, 0) is 18.2 Å². The Balaban J connectivity index is 2.28. The number of nitrogen functional groups attached to an aromatic ring is 1. The van der Waals surface area contributed by atoms with Crippen LogP contribution >= 0.6 is 0 Å². The molecule has 0 aliphatic rings. The summed E-state index contributed by atoms with van der Waals surface area (Å²) in [5, 5.41) is 10.8. The van der Waals surface area contributed by atoms with E-state index in [9.17, 15) is 8.78 Å². The SMILES string of the molecule is Cn1nc(-c2ccn[nH]2)c(-c2ccc(F)cc2F)c1N. The summed E-state index contributed by atoms with van der Waals surface area (Å²) in [6, 6.07) is 5.05. The van der Waals surface area contributed by atoms with Crippen LogP contribution in [0.2, 0.25) is 0 Å². The molecule has 3 rings (SSSR count). The fraction of sp³-hybridized carbons (Fsp3) is 0.0769. The average molecular weight is 275 g/mol. The Kier molecular flexibility index (Phi) is 2.74. The van der Waals surface area contributed by atoms with Crippen molar-refractivity contribution >= 4 is 5.82 Å². The maximum Gasteiger partial charge on any atom is 0.134 e. The first-order chi connectivity index (χ1) is 9.58. The molecule has 2 heterocycles. The summed E-state index contributed by atoms with van der Waals surface area (Å²) in [7, 11) is 1.65. The zero-order valence-corrected chi connectivity index (χ0v) is 10.6. The lowest BCUT2D eigenvalue weighted by atomic mass is 10.0. The quantitative estimate of drug-likeness (QED) is 0.754. The molecule has 2 aromatic heterocycles. The monoisotopic (exact) mass is 275 g/mol. The molecule has 20 heavy (non-hydrogen) atoms. The van der Waals surface area contributed by atoms with Crippen molar-refractivity contribution in [3.8, 4) is 22.5 Å². The zero-order valence-electron chi connectivity index (χ0n) is 10.6. The molecule has 0 radical (unpaired) electrons. The molecule has 0 atom stereocenters. The molecule has 5 nitrogen and oxygen atoms in total. The van der Waals surface area contributed by atoms with E-state index in [1.165, 1.54) is 16.8 Å². The predicted octanol–water partition coefficient (Wildman–Crippen LogP) is 2.34. The lowest BCUT2D eigenvalue weighted by Crippen LogP contribution is -1.98. The van der Waals surface area contributed by atoms with Crippen LogP contribution in [0.25, 0.3) is 22.5 Å². The van der Waals surface area contributed by atoms with E-state index in [1.807, 2.05) is 0 Å². The molecular formula is C13H11F2N5. The van der Waals surface area contributed by atoms with Crippen LogP contribution in [0.5, 0.6) is 0 Å². The Labute approximate surface area is 113 Å². The van der Waals surface area contributed by atoms with Gasteiger partial charge in [-0.25, -0.2) is 8.78 Å². The largest absolute Gasteiger partial charge is 0.383 e. The molecule has 0 aliphatic heterocycles. The molecule has 0 saturated carbocycles. The van der Waals surface area contributed by atoms with Gasteiger partial charge in [0.25, 0.3) is 0 Å². The van der Waals surface area contributed by atoms with Crippen molar-refractivity contribution in [3.05, 3.63) is 42.1 Å². The van der Waals surface area contributed by atoms with Crippen LogP contribution in [0.3, 0.4) is 0 Å². The fourth-order valence-corrected chi connectivity index (χ4v) is 2.07. The summed E-state index contributed by atoms with van der Waals surface area (Å²) in [4.78, 5) is 0. The van der Waals surface area contributed by atoms with E-state index in [2.05, 4.69) is 15.3 Å². The Bertz CT molecular complexity index is 761. The summed E-state index contributed by atoms with van der Waals surface area (Å²) in [5.74, 6) is -1.04. The topological polar surface area (TPSA) is 72.5 Å². The summed E-state index contributed by atoms with van der Waals surface area (Å²) in [6.45, 7) is 0. The average Bonchev–Trinajstić information content (AvgIpc) is 3.01. The number of hydrogen-bond donors (Lipinski definition) is 2. The van der Waals surface area contributed by atoms with Crippen LogP contribution in [0.4, 0.5) is 14.6 Å². The maximum absolute atomic E-state index is 14.0. The number of benzene rings is 1. The number of aromatic nitrogens is 4. The Morgan fingerprint density at radius 2 is 2.05 bits per heavy atom. The first-order valence-electron chi connectivity index (χ1n) is 5.85. The van der Waals surface area contributed by atoms with Crippen molar-refractivity contribution in [2.45, 2.75) is 0 Å². The smallest absolute Gasteiger partial charge is 0.134 e. The second-order valence-corrected chi connectivity index (χ2v) is 4.33. The van der Waals surface area contributed by atoms with Gasteiger partial charge in [-0.3, -0.25) is 9.78 Å². The van der Waals surface area contributed by atoms with Gasteiger partial charge in [0.1, 0.15) is 23.1 Å². The van der Waals surface area contributed by atoms with E-state index in [1.54, 1.807) is 19.3 Å². The van der Waals surface area contributed by atoms with Gasteiger partial charge >= 0.3 is 0 Å². The van der Waals surface area contributed by atoms with Crippen LogP contribution in [-0.4, -0.2) is 20.0 Å². The van der Waals surface area contributed by atoms with Crippen LogP contribution in [0, 0.1) is 11.6 Å². The molecule has 3 N–H and O–H groups in total. The van der Waals surface area contributed by atoms with Gasteiger partial charge in [-0.2, -0.15) is 10.2 Å². The second-order valence-electron chi connectivity index (χ2n) is 4.33. The highest BCUT2D eigenvalue weighted by Gasteiger charge is 2.21. The molecule has 0 aliphatic carbocycles. The van der Waals surface area contributed by atoms with E-state index in [4.69, 9.17) is 5.73 Å². The van der Waals surface area contributed by atoms with Crippen molar-refractivity contribution in [1.29, 1.82) is 0 Å². The number of rotatable bonds is 2. The lowest BCUT2D eigenvalue weighted by molar-refractivity contribution is 0.585. The first-order valence-corrected chi connectivity index (χ1v) is 5.85. The predicted molar refractivity (Wildman–Crippen MR) is 70.6 cm³/mol. The summed E-state index contributed by atoms with van der Waals surface area (Å²) < 4.78 is 28.5. The van der Waals surface area contributed by atoms with Crippen molar-refractivity contribution < 1.29 is 8.78 Å². The van der Waals surface area contributed by atoms with Gasteiger partial charge in [-0.15, -0.1) is 0 Å². The number of nitrogens with one attached hydrogen (secondary N) is 1. The van der Waals surface area contributed by atoms with E-state index in [0.29, 0.717) is 22.8 Å². The lowest BCUT2D eigenvalue weighted by Gasteiger charge is -2.05. The van der Waals surface area contributed by atoms with Crippen molar-refractivity contribution in [1.82, 2.24) is 20.0 Å². The van der Waals surface area contributed by atoms with E-state index in [0.717, 1.165) is 6.07 Å². The molecule has 0 amide bonds. The minimum absolute atomic E-state index is 0.196. The van der Waals surface area contributed by atoms with Gasteiger partial charge in [0, 0.05) is 24.9 Å². The number of nitrogens with two attached hydrogens (primary N) is 1. The maximum atomic E-state index is 14.0. The number of hydrogen-bond acceptors (Lipinski definition) is 3. The highest BCUT2D eigenvalue weighted by Crippen LogP contribution is 2.36. The van der Waals surface area contributed by atoms with Crippen LogP contribution < -0.4 is 5.73 Å². The standard InChI is InChI=1S/C13H11F2N5/c1-20-13(16)11(8-3-2-7(14)6-9(8)15)12(19-20)10-4-5-17-18-10/h2-6H,16H2,1H3,(H,17,18). The Morgan fingerprint density at radius 3 is 2.70 bits per heavy atom. The normalized spacial score (nSPS) is 10.9. The summed E-state index contributed by atoms with van der Waals surface area (Å²) in [5.41, 5.74) is 7.63. The molecule has 1 aromatic carbocycles. The first kappa shape index (κ1) is 12.3. The van der Waals surface area contributed by atoms with Crippen LogP contribution in [-0.2, 0) is 7.05 Å².